The Hall–Kier alpha value is -2.96. The van der Waals surface area contributed by atoms with Crippen molar-refractivity contribution in [1.82, 2.24) is 14.5 Å². The predicted octanol–water partition coefficient (Wildman–Crippen LogP) is 5.40. The molecule has 0 radical (unpaired) electrons. The Labute approximate surface area is 238 Å². The number of nitrogens with zero attached hydrogens (tertiary/aromatic N) is 2. The summed E-state index contributed by atoms with van der Waals surface area (Å²) in [6, 6.07) is 8.42. The number of aromatic nitrogens is 2. The van der Waals surface area contributed by atoms with Crippen LogP contribution in [-0.2, 0) is 32.0 Å². The van der Waals surface area contributed by atoms with Crippen molar-refractivity contribution in [1.29, 1.82) is 0 Å². The van der Waals surface area contributed by atoms with Crippen LogP contribution >= 0.6 is 0 Å². The first kappa shape index (κ1) is 29.5. The van der Waals surface area contributed by atoms with Crippen LogP contribution in [0.3, 0.4) is 0 Å². The largest absolute Gasteiger partial charge is 0.234 e. The van der Waals surface area contributed by atoms with Gasteiger partial charge in [0.05, 0.1) is 22.9 Å². The average Bonchev–Trinajstić information content (AvgIpc) is 3.25. The first-order valence-corrected chi connectivity index (χ1v) is 17.0. The number of halogens is 3. The maximum atomic E-state index is 15.0. The van der Waals surface area contributed by atoms with Crippen LogP contribution in [0.2, 0.25) is 0 Å². The van der Waals surface area contributed by atoms with E-state index in [1.165, 1.54) is 35.0 Å². The lowest BCUT2D eigenvalue weighted by atomic mass is 9.85. The molecule has 5 rings (SSSR count). The van der Waals surface area contributed by atoms with E-state index in [0.29, 0.717) is 17.3 Å². The Morgan fingerprint density at radius 2 is 1.80 bits per heavy atom. The highest BCUT2D eigenvalue weighted by Gasteiger charge is 2.36. The van der Waals surface area contributed by atoms with Gasteiger partial charge in [-0.1, -0.05) is 31.4 Å². The average molecular weight is 608 g/mol. The van der Waals surface area contributed by atoms with Crippen molar-refractivity contribution >= 4 is 25.9 Å². The number of benzene rings is 2. The number of fused-ring (bicyclic) bond motifs is 1. The minimum absolute atomic E-state index is 0.0481. The molecule has 220 valence electrons. The highest BCUT2D eigenvalue weighted by Crippen LogP contribution is 2.37. The Morgan fingerprint density at radius 1 is 1.07 bits per heavy atom. The van der Waals surface area contributed by atoms with Gasteiger partial charge in [-0.05, 0) is 68.0 Å². The zero-order valence-corrected chi connectivity index (χ0v) is 24.2. The number of rotatable bonds is 8. The molecule has 2 aliphatic rings. The van der Waals surface area contributed by atoms with Crippen molar-refractivity contribution < 1.29 is 30.0 Å². The molecule has 1 aliphatic carbocycles. The number of nitrogens with one attached hydrogen (secondary N) is 1. The molecular formula is C29H32F3N3O4S2. The fourth-order valence-corrected chi connectivity index (χ4v) is 8.81. The molecule has 1 aliphatic heterocycles. The quantitative estimate of drug-likeness (QED) is 0.370. The van der Waals surface area contributed by atoms with E-state index < -0.39 is 49.0 Å². The van der Waals surface area contributed by atoms with Crippen LogP contribution in [0, 0.1) is 23.4 Å². The summed E-state index contributed by atoms with van der Waals surface area (Å²) < 4.78 is 98.5. The normalized spacial score (nSPS) is 20.2. The minimum atomic E-state index is -3.91. The van der Waals surface area contributed by atoms with E-state index in [9.17, 15) is 30.0 Å². The maximum Gasteiger partial charge on any atom is 0.234 e. The summed E-state index contributed by atoms with van der Waals surface area (Å²) in [5.74, 6) is -3.44. The third-order valence-electron chi connectivity index (χ3n) is 7.88. The lowest BCUT2D eigenvalue weighted by Gasteiger charge is -2.27. The van der Waals surface area contributed by atoms with E-state index in [4.69, 9.17) is 0 Å². The van der Waals surface area contributed by atoms with Crippen LogP contribution in [0.4, 0.5) is 13.2 Å². The second-order valence-electron chi connectivity index (χ2n) is 11.0. The molecule has 41 heavy (non-hydrogen) atoms. The molecule has 1 N–H and O–H groups in total. The SMILES string of the molecule is C[C@@H](NS(=O)(=O)C=Cc1nn(-c2ccc(F)cc2F)c2c1CS(=O)(=O)CC2Cc1cccc(F)c1)C1CCCCC1. The van der Waals surface area contributed by atoms with Crippen molar-refractivity contribution in [2.45, 2.75) is 63.2 Å². The number of sulfonamides is 1. The monoisotopic (exact) mass is 607 g/mol. The third-order valence-corrected chi connectivity index (χ3v) is 10.7. The molecule has 0 spiro atoms. The zero-order valence-electron chi connectivity index (χ0n) is 22.6. The van der Waals surface area contributed by atoms with E-state index in [1.54, 1.807) is 6.07 Å². The topological polar surface area (TPSA) is 98.1 Å². The molecular weight excluding hydrogens is 575 g/mol. The number of hydrogen-bond acceptors (Lipinski definition) is 5. The first-order chi connectivity index (χ1) is 19.4. The number of hydrogen-bond donors (Lipinski definition) is 1. The number of sulfone groups is 1. The molecule has 7 nitrogen and oxygen atoms in total. The molecule has 12 heteroatoms. The van der Waals surface area contributed by atoms with Crippen LogP contribution < -0.4 is 4.72 Å². The molecule has 1 unspecified atom stereocenters. The Balaban J connectivity index is 1.56. The Morgan fingerprint density at radius 3 is 2.51 bits per heavy atom. The van der Waals surface area contributed by atoms with E-state index in [0.717, 1.165) is 43.6 Å². The van der Waals surface area contributed by atoms with Gasteiger partial charge in [0.2, 0.25) is 10.0 Å². The van der Waals surface area contributed by atoms with Crippen molar-refractivity contribution in [3.63, 3.8) is 0 Å². The van der Waals surface area contributed by atoms with Gasteiger partial charge in [-0.2, -0.15) is 5.10 Å². The van der Waals surface area contributed by atoms with Crippen molar-refractivity contribution in [3.8, 4) is 5.69 Å². The summed E-state index contributed by atoms with van der Waals surface area (Å²) >= 11 is 0. The van der Waals surface area contributed by atoms with Gasteiger partial charge in [-0.15, -0.1) is 0 Å². The molecule has 3 aromatic rings. The Kier molecular flexibility index (Phi) is 8.45. The second kappa shape index (κ2) is 11.7. The van der Waals surface area contributed by atoms with Gasteiger partial charge >= 0.3 is 0 Å². The highest BCUT2D eigenvalue weighted by atomic mass is 32.2. The Bertz CT molecular complexity index is 1680. The lowest BCUT2D eigenvalue weighted by molar-refractivity contribution is 0.303. The molecule has 0 amide bonds. The fourth-order valence-electron chi connectivity index (χ4n) is 5.97. The summed E-state index contributed by atoms with van der Waals surface area (Å²) in [7, 11) is -7.59. The standard InChI is InChI=1S/C29H32F3N3O4S2/c1-19(21-7-3-2-4-8-21)34-41(38,39)13-12-27-25-18-40(36,37)17-22(14-20-6-5-9-23(30)15-20)29(25)35(33-27)28-11-10-24(31)16-26(28)32/h5-6,9-13,15-16,19,21-22,34H,2-4,7-8,14,17-18H2,1H3/t19-,22?/m1/s1. The van der Waals surface area contributed by atoms with Gasteiger partial charge in [-0.3, -0.25) is 0 Å². The fraction of sp³-hybridized carbons (Fsp3) is 0.414. The van der Waals surface area contributed by atoms with Crippen LogP contribution in [0.25, 0.3) is 11.8 Å². The molecule has 2 aromatic carbocycles. The van der Waals surface area contributed by atoms with Crippen LogP contribution in [0.1, 0.15) is 67.5 Å². The zero-order chi connectivity index (χ0) is 29.4. The van der Waals surface area contributed by atoms with E-state index in [-0.39, 0.29) is 41.1 Å². The molecule has 1 fully saturated rings. The molecule has 2 atom stereocenters. The summed E-state index contributed by atoms with van der Waals surface area (Å²) in [6.07, 6.45) is 6.47. The first-order valence-electron chi connectivity index (χ1n) is 13.6. The van der Waals surface area contributed by atoms with E-state index >= 15 is 0 Å². The van der Waals surface area contributed by atoms with E-state index in [2.05, 4.69) is 9.82 Å². The van der Waals surface area contributed by atoms with Gasteiger partial charge < -0.3 is 0 Å². The summed E-state index contributed by atoms with van der Waals surface area (Å²) in [6.45, 7) is 1.83. The van der Waals surface area contributed by atoms with Crippen molar-refractivity contribution in [2.24, 2.45) is 5.92 Å². The van der Waals surface area contributed by atoms with E-state index in [1.807, 2.05) is 6.92 Å². The second-order valence-corrected chi connectivity index (χ2v) is 14.7. The smallest absolute Gasteiger partial charge is 0.234 e. The van der Waals surface area contributed by atoms with Gasteiger partial charge in [0, 0.05) is 29.0 Å². The van der Waals surface area contributed by atoms with Crippen LogP contribution in [-0.4, -0.2) is 38.4 Å². The lowest BCUT2D eigenvalue weighted by Crippen LogP contribution is -2.37. The molecule has 2 heterocycles. The van der Waals surface area contributed by atoms with Crippen LogP contribution in [0.5, 0.6) is 0 Å². The molecule has 1 aromatic heterocycles. The van der Waals surface area contributed by atoms with Crippen molar-refractivity contribution in [3.05, 3.63) is 87.8 Å². The van der Waals surface area contributed by atoms with Gasteiger partial charge in [0.1, 0.15) is 17.3 Å². The van der Waals surface area contributed by atoms with Crippen molar-refractivity contribution in [2.75, 3.05) is 5.75 Å². The summed E-state index contributed by atoms with van der Waals surface area (Å²) in [5.41, 5.74) is 1.05. The predicted molar refractivity (Wildman–Crippen MR) is 151 cm³/mol. The third kappa shape index (κ3) is 6.92. The molecule has 1 saturated carbocycles. The summed E-state index contributed by atoms with van der Waals surface area (Å²) in [5, 5.41) is 5.38. The minimum Gasteiger partial charge on any atom is -0.234 e. The van der Waals surface area contributed by atoms with Crippen LogP contribution in [0.15, 0.2) is 47.9 Å². The molecule has 0 bridgehead atoms. The van der Waals surface area contributed by atoms with Gasteiger partial charge in [-0.25, -0.2) is 39.4 Å². The maximum absolute atomic E-state index is 15.0. The molecule has 0 saturated heterocycles. The highest BCUT2D eigenvalue weighted by molar-refractivity contribution is 7.92. The van der Waals surface area contributed by atoms with Gasteiger partial charge in [0.15, 0.2) is 15.7 Å². The van der Waals surface area contributed by atoms with Gasteiger partial charge in [0.25, 0.3) is 0 Å². The summed E-state index contributed by atoms with van der Waals surface area (Å²) in [4.78, 5) is 0.